The summed E-state index contributed by atoms with van der Waals surface area (Å²) in [6, 6.07) is -0.219. The fourth-order valence-electron chi connectivity index (χ4n) is 6.50. The predicted molar refractivity (Wildman–Crippen MR) is 152 cm³/mol. The third kappa shape index (κ3) is 8.24. The van der Waals surface area contributed by atoms with Gasteiger partial charge in [-0.2, -0.15) is 0 Å². The molecule has 0 unspecified atom stereocenters. The van der Waals surface area contributed by atoms with Crippen LogP contribution in [0, 0.1) is 23.7 Å². The average Bonchev–Trinajstić information content (AvgIpc) is 3.60. The number of ether oxygens (including phenoxy) is 4. The highest BCUT2D eigenvalue weighted by molar-refractivity contribution is 5.91. The summed E-state index contributed by atoms with van der Waals surface area (Å²) in [6.45, 7) is 11.3. The van der Waals surface area contributed by atoms with Crippen LogP contribution in [0.15, 0.2) is 12.2 Å². The normalized spacial score (nSPS) is 45.5. The van der Waals surface area contributed by atoms with Crippen molar-refractivity contribution in [2.75, 3.05) is 14.1 Å². The summed E-state index contributed by atoms with van der Waals surface area (Å²) in [5.41, 5.74) is -0.637. The van der Waals surface area contributed by atoms with Gasteiger partial charge in [0.25, 0.3) is 0 Å². The molecule has 13 atom stereocenters. The SMILES string of the molecule is CC[C@@H]1OC(=O)C[C@H](O)[C@H](C)[C@H](O[C@@H]2O[C@H](C)C[C@H](N(C)C)[C@@H]2O)[C@H](CC=O)C[C@H](C)C(=O)/C=C/[C@]2(C)O[C@@H]2[C@@H]1C. The van der Waals surface area contributed by atoms with E-state index in [1.165, 1.54) is 0 Å². The van der Waals surface area contributed by atoms with Crippen LogP contribution < -0.4 is 0 Å². The first-order chi connectivity index (χ1) is 19.2. The lowest BCUT2D eigenvalue weighted by molar-refractivity contribution is -0.283. The number of aliphatic hydroxyl groups excluding tert-OH is 2. The molecule has 3 aliphatic heterocycles. The van der Waals surface area contributed by atoms with Gasteiger partial charge >= 0.3 is 5.97 Å². The van der Waals surface area contributed by atoms with Gasteiger partial charge < -0.3 is 38.9 Å². The molecule has 2 saturated heterocycles. The molecule has 0 aliphatic carbocycles. The fraction of sp³-hybridized carbons (Fsp3) is 0.839. The van der Waals surface area contributed by atoms with Crippen molar-refractivity contribution in [2.45, 2.75) is 128 Å². The molecule has 0 aromatic heterocycles. The van der Waals surface area contributed by atoms with Crippen LogP contribution in [-0.4, -0.2) is 102 Å². The number of carbonyl (C=O) groups excluding carboxylic acids is 3. The molecule has 234 valence electrons. The van der Waals surface area contributed by atoms with E-state index in [1.807, 2.05) is 53.6 Å². The third-order valence-electron chi connectivity index (χ3n) is 9.29. The largest absolute Gasteiger partial charge is 0.462 e. The molecule has 41 heavy (non-hydrogen) atoms. The van der Waals surface area contributed by atoms with Crippen LogP contribution >= 0.6 is 0 Å². The minimum absolute atomic E-state index is 0.0707. The van der Waals surface area contributed by atoms with Gasteiger partial charge in [-0.05, 0) is 65.3 Å². The average molecular weight is 582 g/mol. The summed E-state index contributed by atoms with van der Waals surface area (Å²) in [4.78, 5) is 40.0. The molecule has 0 bridgehead atoms. The zero-order valence-electron chi connectivity index (χ0n) is 25.9. The van der Waals surface area contributed by atoms with E-state index < -0.39 is 60.0 Å². The van der Waals surface area contributed by atoms with Gasteiger partial charge in [-0.25, -0.2) is 0 Å². The van der Waals surface area contributed by atoms with Crippen LogP contribution in [0.3, 0.4) is 0 Å². The number of allylic oxidation sites excluding steroid dienone is 1. The molecule has 10 nitrogen and oxygen atoms in total. The number of nitrogens with zero attached hydrogens (tertiary/aromatic N) is 1. The Balaban J connectivity index is 1.95. The third-order valence-corrected chi connectivity index (χ3v) is 9.29. The number of hydrogen-bond acceptors (Lipinski definition) is 10. The number of epoxide rings is 1. The lowest BCUT2D eigenvalue weighted by Crippen LogP contribution is -2.56. The molecule has 0 aromatic rings. The molecule has 10 heteroatoms. The van der Waals surface area contributed by atoms with Crippen LogP contribution in [0.2, 0.25) is 0 Å². The van der Waals surface area contributed by atoms with Gasteiger partial charge in [-0.3, -0.25) is 9.59 Å². The zero-order chi connectivity index (χ0) is 30.6. The number of hydrogen-bond donors (Lipinski definition) is 2. The Morgan fingerprint density at radius 2 is 1.80 bits per heavy atom. The standard InChI is InChI=1S/C31H51NO9/c1-9-25-20(5)29-31(6,41-29)12-10-23(34)17(2)14-21(11-13-33)28(19(4)24(35)16-26(36)39-25)40-30-27(37)22(32(7)8)15-18(3)38-30/h10,12-13,17-22,24-25,27-30,35,37H,9,11,14-16H2,1-8H3/b12-10+/t17-,18+,19-,20+,21+,22-,24-,25-,27-,28-,29+,30-,31-/m0/s1. The minimum Gasteiger partial charge on any atom is -0.462 e. The van der Waals surface area contributed by atoms with E-state index in [4.69, 9.17) is 18.9 Å². The Hall–Kier alpha value is -1.69. The van der Waals surface area contributed by atoms with E-state index in [2.05, 4.69) is 0 Å². The topological polar surface area (TPSA) is 135 Å². The lowest BCUT2D eigenvalue weighted by Gasteiger charge is -2.44. The van der Waals surface area contributed by atoms with Crippen LogP contribution in [0.1, 0.15) is 73.6 Å². The molecule has 0 saturated carbocycles. The van der Waals surface area contributed by atoms with Crippen LogP contribution in [-0.2, 0) is 33.3 Å². The summed E-state index contributed by atoms with van der Waals surface area (Å²) < 4.78 is 24.2. The highest BCUT2D eigenvalue weighted by Gasteiger charge is 2.55. The van der Waals surface area contributed by atoms with Crippen LogP contribution in [0.4, 0.5) is 0 Å². The molecule has 3 aliphatic rings. The van der Waals surface area contributed by atoms with E-state index >= 15 is 0 Å². The maximum atomic E-state index is 13.2. The van der Waals surface area contributed by atoms with Crippen LogP contribution in [0.5, 0.6) is 0 Å². The maximum absolute atomic E-state index is 13.2. The fourth-order valence-corrected chi connectivity index (χ4v) is 6.50. The second kappa shape index (κ2) is 14.2. The summed E-state index contributed by atoms with van der Waals surface area (Å²) in [6.07, 6.45) is 0.627. The smallest absolute Gasteiger partial charge is 0.308 e. The number of aliphatic hydroxyl groups is 2. The van der Waals surface area contributed by atoms with Crippen molar-refractivity contribution in [3.63, 3.8) is 0 Å². The zero-order valence-corrected chi connectivity index (χ0v) is 25.9. The molecule has 2 fully saturated rings. The summed E-state index contributed by atoms with van der Waals surface area (Å²) >= 11 is 0. The van der Waals surface area contributed by atoms with Gasteiger partial charge in [0.15, 0.2) is 12.1 Å². The molecular weight excluding hydrogens is 530 g/mol. The van der Waals surface area contributed by atoms with Gasteiger partial charge in [-0.15, -0.1) is 0 Å². The molecule has 2 N–H and O–H groups in total. The summed E-state index contributed by atoms with van der Waals surface area (Å²) in [5.74, 6) is -2.32. The Kier molecular flexibility index (Phi) is 11.7. The summed E-state index contributed by atoms with van der Waals surface area (Å²) in [7, 11) is 3.76. The number of carbonyl (C=O) groups is 3. The van der Waals surface area contributed by atoms with Crippen molar-refractivity contribution in [2.24, 2.45) is 23.7 Å². The molecule has 3 rings (SSSR count). The van der Waals surface area contributed by atoms with E-state index in [0.29, 0.717) is 19.3 Å². The van der Waals surface area contributed by atoms with Gasteiger partial charge in [-0.1, -0.05) is 27.7 Å². The molecule has 0 spiro atoms. The predicted octanol–water partition coefficient (Wildman–Crippen LogP) is 2.67. The number of cyclic esters (lactones) is 1. The second-order valence-electron chi connectivity index (χ2n) is 12.9. The lowest BCUT2D eigenvalue weighted by atomic mass is 9.79. The molecule has 0 aromatic carbocycles. The molecule has 3 heterocycles. The Bertz CT molecular complexity index is 941. The van der Waals surface area contributed by atoms with E-state index in [1.54, 1.807) is 19.1 Å². The van der Waals surface area contributed by atoms with Crippen molar-refractivity contribution in [1.29, 1.82) is 0 Å². The molecule has 0 amide bonds. The van der Waals surface area contributed by atoms with Crippen molar-refractivity contribution in [3.8, 4) is 0 Å². The van der Waals surface area contributed by atoms with E-state index in [0.717, 1.165) is 6.29 Å². The van der Waals surface area contributed by atoms with Gasteiger partial charge in [0, 0.05) is 30.2 Å². The first kappa shape index (κ1) is 33.8. The Morgan fingerprint density at radius 3 is 2.41 bits per heavy atom. The Morgan fingerprint density at radius 1 is 1.12 bits per heavy atom. The van der Waals surface area contributed by atoms with Gasteiger partial charge in [0.2, 0.25) is 0 Å². The van der Waals surface area contributed by atoms with Gasteiger partial charge in [0.1, 0.15) is 24.1 Å². The number of rotatable bonds is 6. The van der Waals surface area contributed by atoms with Gasteiger partial charge in [0.05, 0.1) is 30.8 Å². The highest BCUT2D eigenvalue weighted by atomic mass is 16.7. The molecule has 0 radical (unpaired) electrons. The molecular formula is C31H51NO9. The minimum atomic E-state index is -1.15. The second-order valence-corrected chi connectivity index (χ2v) is 12.9. The van der Waals surface area contributed by atoms with Crippen LogP contribution in [0.25, 0.3) is 0 Å². The number of ketones is 1. The first-order valence-electron chi connectivity index (χ1n) is 15.1. The number of likely N-dealkylation sites (N-methyl/N-ethyl adjacent to an activating group) is 1. The monoisotopic (exact) mass is 581 g/mol. The number of esters is 1. The Labute approximate surface area is 244 Å². The quantitative estimate of drug-likeness (QED) is 0.274. The highest BCUT2D eigenvalue weighted by Crippen LogP contribution is 2.45. The van der Waals surface area contributed by atoms with Crippen molar-refractivity contribution in [1.82, 2.24) is 4.90 Å². The van der Waals surface area contributed by atoms with Crippen molar-refractivity contribution < 1.29 is 43.5 Å². The number of fused-ring (bicyclic) bond motifs is 1. The maximum Gasteiger partial charge on any atom is 0.308 e. The van der Waals surface area contributed by atoms with Crippen molar-refractivity contribution >= 4 is 18.0 Å². The summed E-state index contributed by atoms with van der Waals surface area (Å²) in [5, 5.41) is 22.4. The first-order valence-corrected chi connectivity index (χ1v) is 15.1. The van der Waals surface area contributed by atoms with E-state index in [9.17, 15) is 24.6 Å². The van der Waals surface area contributed by atoms with E-state index in [-0.39, 0.29) is 42.8 Å². The number of aldehydes is 1. The van der Waals surface area contributed by atoms with Crippen molar-refractivity contribution in [3.05, 3.63) is 12.2 Å².